The number of sulfone groups is 2. The van der Waals surface area contributed by atoms with Gasteiger partial charge in [0.2, 0.25) is 19.7 Å². The Morgan fingerprint density at radius 1 is 0.444 bits per heavy atom. The van der Waals surface area contributed by atoms with Crippen LogP contribution in [0.4, 0.5) is 11.4 Å². The minimum Gasteiger partial charge on any atom is -0.455 e. The first-order valence-electron chi connectivity index (χ1n) is 19.5. The molecule has 4 heterocycles. The molecule has 54 heavy (non-hydrogen) atoms. The van der Waals surface area contributed by atoms with Crippen LogP contribution in [0.2, 0.25) is 0 Å². The number of para-hydroxylation sites is 2. The third-order valence-corrected chi connectivity index (χ3v) is 16.6. The lowest BCUT2D eigenvalue weighted by molar-refractivity contribution is -0.154. The standard InChI is InChI=1S/C42H42N2O8S2/c45-53(46)39-15-7-5-13-33(39)51-35-19-17-25(21-41(35)53)43-27-9-1-3-11-31(27)49-37-24-30-38(23-29(37)43)50-32-12-4-2-10-28(32)44(30)26-18-20-36-42(22-26)54(47,48)40-16-8-6-14-34(40)52-36/h5-8,13-22,27-32,37-38H,1-4,9-12,23-24H2. The lowest BCUT2D eigenvalue weighted by Crippen LogP contribution is -2.71. The van der Waals surface area contributed by atoms with Gasteiger partial charge in [0.05, 0.1) is 48.6 Å². The largest absolute Gasteiger partial charge is 0.455 e. The Kier molecular flexibility index (Phi) is 7.51. The Hall–Kier alpha value is -4.10. The highest BCUT2D eigenvalue weighted by Crippen LogP contribution is 2.51. The highest BCUT2D eigenvalue weighted by atomic mass is 32.2. The van der Waals surface area contributed by atoms with Crippen LogP contribution < -0.4 is 19.3 Å². The van der Waals surface area contributed by atoms with Crippen LogP contribution in [0.15, 0.2) is 105 Å². The summed E-state index contributed by atoms with van der Waals surface area (Å²) in [7, 11) is -7.58. The topological polar surface area (TPSA) is 112 Å². The van der Waals surface area contributed by atoms with Gasteiger partial charge < -0.3 is 28.7 Å². The van der Waals surface area contributed by atoms with Crippen LogP contribution in [0.1, 0.15) is 64.2 Å². The molecule has 2 saturated heterocycles. The quantitative estimate of drug-likeness (QED) is 0.173. The molecule has 0 bridgehead atoms. The van der Waals surface area contributed by atoms with E-state index in [9.17, 15) is 16.8 Å². The lowest BCUT2D eigenvalue weighted by atomic mass is 9.76. The number of rotatable bonds is 2. The van der Waals surface area contributed by atoms with Crippen molar-refractivity contribution in [2.24, 2.45) is 0 Å². The van der Waals surface area contributed by atoms with Gasteiger partial charge in [-0.25, -0.2) is 16.8 Å². The van der Waals surface area contributed by atoms with Crippen molar-refractivity contribution in [3.05, 3.63) is 84.9 Å². The number of hydrogen-bond donors (Lipinski definition) is 0. The number of nitrogens with zero attached hydrogens (tertiary/aromatic N) is 2. The predicted octanol–water partition coefficient (Wildman–Crippen LogP) is 7.83. The third kappa shape index (κ3) is 4.95. The van der Waals surface area contributed by atoms with E-state index in [1.54, 1.807) is 48.5 Å². The van der Waals surface area contributed by atoms with Gasteiger partial charge in [-0.1, -0.05) is 49.9 Å². The van der Waals surface area contributed by atoms with Crippen molar-refractivity contribution < 1.29 is 35.8 Å². The zero-order chi connectivity index (χ0) is 36.3. The van der Waals surface area contributed by atoms with Crippen LogP contribution >= 0.6 is 0 Å². The van der Waals surface area contributed by atoms with Crippen molar-refractivity contribution in [3.63, 3.8) is 0 Å². The van der Waals surface area contributed by atoms with Crippen LogP contribution in [-0.4, -0.2) is 65.4 Å². The average molecular weight is 767 g/mol. The van der Waals surface area contributed by atoms with Gasteiger partial charge in [-0.05, 0) is 99.2 Å². The van der Waals surface area contributed by atoms with Gasteiger partial charge in [0.15, 0.2) is 0 Å². The highest BCUT2D eigenvalue weighted by molar-refractivity contribution is 7.92. The number of hydrogen-bond acceptors (Lipinski definition) is 10. The number of benzene rings is 4. The summed E-state index contributed by atoms with van der Waals surface area (Å²) in [5, 5.41) is 0. The van der Waals surface area contributed by atoms with Gasteiger partial charge in [0.1, 0.15) is 42.6 Å². The molecule has 7 aliphatic rings. The van der Waals surface area contributed by atoms with Crippen molar-refractivity contribution in [1.82, 2.24) is 0 Å². The highest BCUT2D eigenvalue weighted by Gasteiger charge is 2.55. The van der Waals surface area contributed by atoms with Crippen molar-refractivity contribution in [1.29, 1.82) is 0 Å². The van der Waals surface area contributed by atoms with E-state index in [1.807, 2.05) is 36.4 Å². The Morgan fingerprint density at radius 2 is 0.852 bits per heavy atom. The fourth-order valence-electron chi connectivity index (χ4n) is 10.7. The van der Waals surface area contributed by atoms with E-state index in [-0.39, 0.29) is 68.2 Å². The van der Waals surface area contributed by atoms with Crippen molar-refractivity contribution in [2.45, 2.75) is 132 Å². The summed E-state index contributed by atoms with van der Waals surface area (Å²) in [5.74, 6) is 1.40. The molecule has 11 rings (SSSR count). The zero-order valence-electron chi connectivity index (χ0n) is 29.7. The summed E-state index contributed by atoms with van der Waals surface area (Å²) in [6.07, 6.45) is 9.42. The SMILES string of the molecule is O=S1(=O)c2ccccc2Oc2ccc(N3C4CCCCC4OC4CC5C(CC43)OC3CCCCC3N5c3ccc4c(c3)S(=O)(=O)c3ccccc3O4)cc21. The van der Waals surface area contributed by atoms with E-state index >= 15 is 0 Å². The summed E-state index contributed by atoms with van der Waals surface area (Å²) in [5.41, 5.74) is 1.75. The van der Waals surface area contributed by atoms with E-state index in [0.717, 1.165) is 62.7 Å². The second kappa shape index (κ2) is 12.2. The van der Waals surface area contributed by atoms with Gasteiger partial charge in [0.25, 0.3) is 0 Å². The van der Waals surface area contributed by atoms with E-state index in [1.165, 1.54) is 0 Å². The van der Waals surface area contributed by atoms with Crippen LogP contribution in [-0.2, 0) is 29.1 Å². The molecule has 8 atom stereocenters. The maximum Gasteiger partial charge on any atom is 0.214 e. The molecule has 12 heteroatoms. The van der Waals surface area contributed by atoms with E-state index in [2.05, 4.69) is 9.80 Å². The van der Waals surface area contributed by atoms with Crippen molar-refractivity contribution >= 4 is 31.0 Å². The maximum atomic E-state index is 14.0. The molecule has 0 aromatic heterocycles. The molecule has 0 radical (unpaired) electrons. The second-order valence-electron chi connectivity index (χ2n) is 15.9. The summed E-state index contributed by atoms with van der Waals surface area (Å²) in [6.45, 7) is 0. The summed E-state index contributed by atoms with van der Waals surface area (Å²) >= 11 is 0. The number of fused-ring (bicyclic) bond motifs is 8. The summed E-state index contributed by atoms with van der Waals surface area (Å²) < 4.78 is 82.4. The Balaban J connectivity index is 0.974. The molecule has 0 amide bonds. The van der Waals surface area contributed by atoms with Crippen molar-refractivity contribution in [2.75, 3.05) is 9.80 Å². The van der Waals surface area contributed by atoms with Crippen LogP contribution in [0, 0.1) is 0 Å². The van der Waals surface area contributed by atoms with Crippen LogP contribution in [0.3, 0.4) is 0 Å². The van der Waals surface area contributed by atoms with Crippen LogP contribution in [0.5, 0.6) is 23.0 Å². The molecule has 3 saturated carbocycles. The molecule has 10 nitrogen and oxygen atoms in total. The van der Waals surface area contributed by atoms with Gasteiger partial charge >= 0.3 is 0 Å². The van der Waals surface area contributed by atoms with E-state index < -0.39 is 19.7 Å². The van der Waals surface area contributed by atoms with E-state index in [0.29, 0.717) is 35.8 Å². The number of morpholine rings is 2. The zero-order valence-corrected chi connectivity index (χ0v) is 31.4. The predicted molar refractivity (Wildman–Crippen MR) is 200 cm³/mol. The molecule has 4 aliphatic heterocycles. The first-order valence-corrected chi connectivity index (χ1v) is 22.4. The van der Waals surface area contributed by atoms with Gasteiger partial charge in [-0.2, -0.15) is 0 Å². The monoisotopic (exact) mass is 766 g/mol. The van der Waals surface area contributed by atoms with Gasteiger partial charge in [-0.3, -0.25) is 0 Å². The maximum absolute atomic E-state index is 14.0. The lowest BCUT2D eigenvalue weighted by Gasteiger charge is -2.61. The van der Waals surface area contributed by atoms with Gasteiger partial charge in [-0.15, -0.1) is 0 Å². The first-order chi connectivity index (χ1) is 26.3. The third-order valence-electron chi connectivity index (χ3n) is 13.0. The fraction of sp³-hybridized carbons (Fsp3) is 0.429. The molecule has 3 aliphatic carbocycles. The molecule has 8 unspecified atom stereocenters. The number of anilines is 2. The number of ether oxygens (including phenoxy) is 4. The molecule has 280 valence electrons. The van der Waals surface area contributed by atoms with E-state index in [4.69, 9.17) is 18.9 Å². The Bertz CT molecular complexity index is 2240. The minimum absolute atomic E-state index is 0.0210. The molecule has 5 fully saturated rings. The molecule has 4 aromatic carbocycles. The molecule has 0 N–H and O–H groups in total. The van der Waals surface area contributed by atoms with Gasteiger partial charge in [0, 0.05) is 11.4 Å². The molecular weight excluding hydrogens is 725 g/mol. The first kappa shape index (κ1) is 33.3. The van der Waals surface area contributed by atoms with Crippen molar-refractivity contribution in [3.8, 4) is 23.0 Å². The molecular formula is C42H42N2O8S2. The summed E-state index contributed by atoms with van der Waals surface area (Å²) in [6, 6.07) is 25.1. The molecule has 4 aromatic rings. The minimum atomic E-state index is -3.79. The smallest absolute Gasteiger partial charge is 0.214 e. The fourth-order valence-corrected chi connectivity index (χ4v) is 13.7. The second-order valence-corrected chi connectivity index (χ2v) is 19.7. The Labute approximate surface area is 315 Å². The average Bonchev–Trinajstić information content (AvgIpc) is 3.18. The molecule has 0 spiro atoms. The summed E-state index contributed by atoms with van der Waals surface area (Å²) in [4.78, 5) is 5.73. The Morgan fingerprint density at radius 3 is 1.31 bits per heavy atom. The van der Waals surface area contributed by atoms with Crippen LogP contribution in [0.25, 0.3) is 0 Å². The normalized spacial score (nSPS) is 32.4.